The summed E-state index contributed by atoms with van der Waals surface area (Å²) < 4.78 is 16.2. The third-order valence-electron chi connectivity index (χ3n) is 4.69. The maximum absolute atomic E-state index is 12.6. The Morgan fingerprint density at radius 3 is 2.75 bits per heavy atom. The molecule has 0 atom stereocenters. The molecule has 0 fully saturated rings. The summed E-state index contributed by atoms with van der Waals surface area (Å²) in [7, 11) is 1.55. The van der Waals surface area contributed by atoms with Crippen LogP contribution in [-0.4, -0.2) is 13.0 Å². The summed E-state index contributed by atoms with van der Waals surface area (Å²) in [4.78, 5) is 24.4. The molecule has 28 heavy (non-hydrogen) atoms. The lowest BCUT2D eigenvalue weighted by Gasteiger charge is -2.08. The Labute approximate surface area is 160 Å². The number of fused-ring (bicyclic) bond motifs is 2. The van der Waals surface area contributed by atoms with Gasteiger partial charge in [0, 0.05) is 23.4 Å². The van der Waals surface area contributed by atoms with Gasteiger partial charge in [-0.1, -0.05) is 25.1 Å². The predicted octanol–water partition coefficient (Wildman–Crippen LogP) is 4.04. The maximum atomic E-state index is 12.6. The van der Waals surface area contributed by atoms with Crippen molar-refractivity contribution in [3.8, 4) is 5.75 Å². The van der Waals surface area contributed by atoms with Crippen LogP contribution in [0.25, 0.3) is 21.9 Å². The quantitative estimate of drug-likeness (QED) is 0.531. The molecule has 4 rings (SSSR count). The van der Waals surface area contributed by atoms with Gasteiger partial charge in [-0.25, -0.2) is 4.79 Å². The fraction of sp³-hybridized carbons (Fsp3) is 0.182. The fourth-order valence-corrected chi connectivity index (χ4v) is 3.21. The van der Waals surface area contributed by atoms with Crippen molar-refractivity contribution in [1.29, 1.82) is 0 Å². The van der Waals surface area contributed by atoms with Crippen LogP contribution < -0.4 is 15.7 Å². The molecule has 0 bridgehead atoms. The molecule has 0 aliphatic carbocycles. The van der Waals surface area contributed by atoms with E-state index in [2.05, 4.69) is 12.2 Å². The van der Waals surface area contributed by atoms with Gasteiger partial charge in [-0.2, -0.15) is 0 Å². The largest absolute Gasteiger partial charge is 0.493 e. The Bertz CT molecular complexity index is 1230. The number of para-hydroxylation sites is 1. The van der Waals surface area contributed by atoms with Crippen LogP contribution in [0, 0.1) is 0 Å². The van der Waals surface area contributed by atoms with E-state index in [9.17, 15) is 9.59 Å². The van der Waals surface area contributed by atoms with Crippen LogP contribution in [0.4, 0.5) is 0 Å². The van der Waals surface area contributed by atoms with E-state index in [1.165, 1.54) is 6.07 Å². The van der Waals surface area contributed by atoms with Crippen molar-refractivity contribution in [3.05, 3.63) is 75.8 Å². The summed E-state index contributed by atoms with van der Waals surface area (Å²) in [6.07, 6.45) is 0.863. The van der Waals surface area contributed by atoms with E-state index in [4.69, 9.17) is 13.6 Å². The molecule has 1 N–H and O–H groups in total. The van der Waals surface area contributed by atoms with Crippen LogP contribution in [0.2, 0.25) is 0 Å². The van der Waals surface area contributed by atoms with Crippen molar-refractivity contribution in [3.63, 3.8) is 0 Å². The minimum atomic E-state index is -0.450. The van der Waals surface area contributed by atoms with Crippen molar-refractivity contribution in [2.24, 2.45) is 0 Å². The van der Waals surface area contributed by atoms with Gasteiger partial charge in [0.1, 0.15) is 5.58 Å². The number of carbonyl (C=O) groups is 1. The first-order valence-electron chi connectivity index (χ1n) is 8.99. The molecule has 0 radical (unpaired) electrons. The third-order valence-corrected chi connectivity index (χ3v) is 4.69. The summed E-state index contributed by atoms with van der Waals surface area (Å²) in [6.45, 7) is 2.24. The van der Waals surface area contributed by atoms with Gasteiger partial charge in [-0.3, -0.25) is 4.79 Å². The highest BCUT2D eigenvalue weighted by molar-refractivity contribution is 5.97. The molecule has 142 valence electrons. The first-order valence-corrected chi connectivity index (χ1v) is 8.99. The first-order chi connectivity index (χ1) is 13.6. The second-order valence-corrected chi connectivity index (χ2v) is 6.45. The summed E-state index contributed by atoms with van der Waals surface area (Å²) in [6, 6.07) is 14.2. The molecule has 2 heterocycles. The molecule has 0 aliphatic rings. The van der Waals surface area contributed by atoms with Crippen LogP contribution in [0.3, 0.4) is 0 Å². The zero-order valence-electron chi connectivity index (χ0n) is 15.6. The summed E-state index contributed by atoms with van der Waals surface area (Å²) in [5, 5.41) is 4.41. The van der Waals surface area contributed by atoms with E-state index in [0.717, 1.165) is 22.8 Å². The Hall–Kier alpha value is -3.54. The standard InChI is InChI=1S/C22H19NO5/c1-3-13-7-8-17-16(9-13)15(11-20(24)27-17)12-23-22(25)19-10-14-5-4-6-18(26-2)21(14)28-19/h4-11H,3,12H2,1-2H3,(H,23,25). The SMILES string of the molecule is CCc1ccc2oc(=O)cc(CNC(=O)c3cc4cccc(OC)c4o3)c2c1. The van der Waals surface area contributed by atoms with Crippen molar-refractivity contribution in [2.75, 3.05) is 7.11 Å². The number of benzene rings is 2. The van der Waals surface area contributed by atoms with E-state index >= 15 is 0 Å². The number of aryl methyl sites for hydroxylation is 1. The molecular weight excluding hydrogens is 358 g/mol. The molecule has 1 amide bonds. The lowest BCUT2D eigenvalue weighted by Crippen LogP contribution is -2.23. The molecule has 2 aromatic carbocycles. The highest BCUT2D eigenvalue weighted by Crippen LogP contribution is 2.28. The molecular formula is C22H19NO5. The number of carbonyl (C=O) groups excluding carboxylic acids is 1. The Morgan fingerprint density at radius 1 is 1.11 bits per heavy atom. The van der Waals surface area contributed by atoms with E-state index in [0.29, 0.717) is 22.5 Å². The monoisotopic (exact) mass is 377 g/mol. The topological polar surface area (TPSA) is 81.7 Å². The van der Waals surface area contributed by atoms with Crippen molar-refractivity contribution in [1.82, 2.24) is 5.32 Å². The average Bonchev–Trinajstić information content (AvgIpc) is 3.15. The lowest BCUT2D eigenvalue weighted by atomic mass is 10.1. The minimum absolute atomic E-state index is 0.181. The Balaban J connectivity index is 1.62. The van der Waals surface area contributed by atoms with E-state index in [1.54, 1.807) is 25.3 Å². The zero-order chi connectivity index (χ0) is 19.7. The molecule has 4 aromatic rings. The number of furan rings is 1. The molecule has 2 aromatic heterocycles. The number of rotatable bonds is 5. The van der Waals surface area contributed by atoms with Gasteiger partial charge in [-0.15, -0.1) is 0 Å². The third kappa shape index (κ3) is 3.24. The number of hydrogen-bond acceptors (Lipinski definition) is 5. The highest BCUT2D eigenvalue weighted by atomic mass is 16.5. The van der Waals surface area contributed by atoms with Crippen LogP contribution in [0.5, 0.6) is 5.75 Å². The number of methoxy groups -OCH3 is 1. The number of nitrogens with one attached hydrogen (secondary N) is 1. The molecule has 6 heteroatoms. The van der Waals surface area contributed by atoms with Gasteiger partial charge in [0.15, 0.2) is 17.1 Å². The predicted molar refractivity (Wildman–Crippen MR) is 106 cm³/mol. The van der Waals surface area contributed by atoms with E-state index < -0.39 is 5.63 Å². The second-order valence-electron chi connectivity index (χ2n) is 6.45. The molecule has 0 spiro atoms. The van der Waals surface area contributed by atoms with Gasteiger partial charge in [-0.05, 0) is 41.8 Å². The molecule has 0 saturated carbocycles. The summed E-state index contributed by atoms with van der Waals surface area (Å²) >= 11 is 0. The van der Waals surface area contributed by atoms with Crippen molar-refractivity contribution in [2.45, 2.75) is 19.9 Å². The Morgan fingerprint density at radius 2 is 1.96 bits per heavy atom. The van der Waals surface area contributed by atoms with Crippen LogP contribution in [0.15, 0.2) is 62.2 Å². The van der Waals surface area contributed by atoms with Gasteiger partial charge >= 0.3 is 5.63 Å². The minimum Gasteiger partial charge on any atom is -0.493 e. The number of ether oxygens (including phenoxy) is 1. The van der Waals surface area contributed by atoms with Gasteiger partial charge in [0.25, 0.3) is 5.91 Å². The zero-order valence-corrected chi connectivity index (χ0v) is 15.6. The molecule has 0 aliphatic heterocycles. The van der Waals surface area contributed by atoms with Gasteiger partial charge in [0.05, 0.1) is 7.11 Å². The molecule has 0 unspecified atom stereocenters. The van der Waals surface area contributed by atoms with E-state index in [1.807, 2.05) is 24.3 Å². The normalized spacial score (nSPS) is 11.1. The van der Waals surface area contributed by atoms with Crippen LogP contribution in [-0.2, 0) is 13.0 Å². The van der Waals surface area contributed by atoms with Crippen molar-refractivity contribution < 1.29 is 18.4 Å². The fourth-order valence-electron chi connectivity index (χ4n) is 3.21. The van der Waals surface area contributed by atoms with Crippen molar-refractivity contribution >= 4 is 27.8 Å². The highest BCUT2D eigenvalue weighted by Gasteiger charge is 2.15. The number of hydrogen-bond donors (Lipinski definition) is 1. The smallest absolute Gasteiger partial charge is 0.336 e. The lowest BCUT2D eigenvalue weighted by molar-refractivity contribution is 0.0925. The number of amides is 1. The summed E-state index contributed by atoms with van der Waals surface area (Å²) in [5.41, 5.74) is 2.40. The first kappa shape index (κ1) is 17.9. The Kier molecular flexibility index (Phi) is 4.61. The van der Waals surface area contributed by atoms with Crippen LogP contribution in [0.1, 0.15) is 28.6 Å². The average molecular weight is 377 g/mol. The molecule has 6 nitrogen and oxygen atoms in total. The summed E-state index contributed by atoms with van der Waals surface area (Å²) in [5.74, 6) is 0.377. The maximum Gasteiger partial charge on any atom is 0.336 e. The van der Waals surface area contributed by atoms with E-state index in [-0.39, 0.29) is 18.2 Å². The van der Waals surface area contributed by atoms with Gasteiger partial charge < -0.3 is 18.9 Å². The van der Waals surface area contributed by atoms with Crippen LogP contribution >= 0.6 is 0 Å². The molecule has 0 saturated heterocycles. The second kappa shape index (κ2) is 7.23. The van der Waals surface area contributed by atoms with Gasteiger partial charge in [0.2, 0.25) is 0 Å².